The summed E-state index contributed by atoms with van der Waals surface area (Å²) >= 11 is 0. The largest absolute Gasteiger partial charge is 0.306 e. The van der Waals surface area contributed by atoms with Crippen molar-refractivity contribution in [3.8, 4) is 0 Å². The van der Waals surface area contributed by atoms with E-state index in [0.29, 0.717) is 0 Å². The lowest BCUT2D eigenvalue weighted by molar-refractivity contribution is 0.594. The van der Waals surface area contributed by atoms with Gasteiger partial charge in [-0.25, -0.2) is 0 Å². The number of benzene rings is 1. The lowest BCUT2D eigenvalue weighted by Crippen LogP contribution is -2.23. The van der Waals surface area contributed by atoms with Gasteiger partial charge in [-0.1, -0.05) is 44.5 Å². The molecule has 1 aromatic heterocycles. The van der Waals surface area contributed by atoms with Crippen LogP contribution >= 0.6 is 0 Å². The number of hydrogen-bond donors (Lipinski definition) is 1. The highest BCUT2D eigenvalue weighted by Crippen LogP contribution is 2.25. The van der Waals surface area contributed by atoms with Crippen LogP contribution in [0.4, 0.5) is 0 Å². The molecule has 3 nitrogen and oxygen atoms in total. The maximum atomic E-state index is 4.39. The number of nitrogens with one attached hydrogen (secondary N) is 1. The van der Waals surface area contributed by atoms with Crippen molar-refractivity contribution in [1.82, 2.24) is 15.1 Å². The van der Waals surface area contributed by atoms with E-state index in [-0.39, 0.29) is 6.04 Å². The summed E-state index contributed by atoms with van der Waals surface area (Å²) in [4.78, 5) is 0. The molecule has 1 atom stereocenters. The van der Waals surface area contributed by atoms with E-state index in [1.54, 1.807) is 0 Å². The molecule has 1 N–H and O–H groups in total. The first-order valence-electron chi connectivity index (χ1n) is 7.98. The predicted octanol–water partition coefficient (Wildman–Crippen LogP) is 3.77. The molecule has 1 aromatic carbocycles. The number of hydrogen-bond acceptors (Lipinski definition) is 2. The van der Waals surface area contributed by atoms with Gasteiger partial charge in [0.2, 0.25) is 0 Å². The Balaban J connectivity index is 2.29. The van der Waals surface area contributed by atoms with Crippen molar-refractivity contribution < 1.29 is 0 Å². The second-order valence-electron chi connectivity index (χ2n) is 5.69. The van der Waals surface area contributed by atoms with Crippen molar-refractivity contribution >= 4 is 0 Å². The van der Waals surface area contributed by atoms with Crippen LogP contribution in [0.3, 0.4) is 0 Å². The van der Waals surface area contributed by atoms with E-state index in [1.165, 1.54) is 28.8 Å². The molecule has 2 rings (SSSR count). The molecule has 0 bridgehead atoms. The second kappa shape index (κ2) is 7.41. The van der Waals surface area contributed by atoms with Crippen molar-refractivity contribution in [1.29, 1.82) is 0 Å². The van der Waals surface area contributed by atoms with Crippen LogP contribution in [-0.2, 0) is 13.5 Å². The molecule has 0 aliphatic carbocycles. The lowest BCUT2D eigenvalue weighted by atomic mass is 9.97. The fourth-order valence-electron chi connectivity index (χ4n) is 2.66. The summed E-state index contributed by atoms with van der Waals surface area (Å²) in [5.41, 5.74) is 5.23. The van der Waals surface area contributed by atoms with Gasteiger partial charge in [-0.15, -0.1) is 0 Å². The van der Waals surface area contributed by atoms with Crippen LogP contribution < -0.4 is 5.32 Å². The van der Waals surface area contributed by atoms with E-state index in [9.17, 15) is 0 Å². The average Bonchev–Trinajstić information content (AvgIpc) is 2.82. The summed E-state index contributed by atoms with van der Waals surface area (Å²) in [6.07, 6.45) is 5.46. The molecule has 1 unspecified atom stereocenters. The van der Waals surface area contributed by atoms with E-state index in [1.807, 2.05) is 17.9 Å². The smallest absolute Gasteiger partial charge is 0.0610 e. The van der Waals surface area contributed by atoms with Crippen LogP contribution in [0.25, 0.3) is 0 Å². The van der Waals surface area contributed by atoms with Crippen LogP contribution in [0.5, 0.6) is 0 Å². The highest BCUT2D eigenvalue weighted by Gasteiger charge is 2.18. The Morgan fingerprint density at radius 3 is 2.38 bits per heavy atom. The molecule has 0 radical (unpaired) electrons. The number of rotatable bonds is 7. The molecule has 21 heavy (non-hydrogen) atoms. The minimum atomic E-state index is 0.231. The summed E-state index contributed by atoms with van der Waals surface area (Å²) in [6.45, 7) is 7.56. The summed E-state index contributed by atoms with van der Waals surface area (Å²) in [5.74, 6) is 0. The van der Waals surface area contributed by atoms with Crippen LogP contribution in [0.2, 0.25) is 0 Å². The molecule has 0 saturated carbocycles. The van der Waals surface area contributed by atoms with Gasteiger partial charge in [0.05, 0.1) is 12.2 Å². The first-order chi connectivity index (χ1) is 10.2. The predicted molar refractivity (Wildman–Crippen MR) is 88.5 cm³/mol. The van der Waals surface area contributed by atoms with E-state index >= 15 is 0 Å². The zero-order chi connectivity index (χ0) is 15.2. The van der Waals surface area contributed by atoms with Crippen molar-refractivity contribution in [2.45, 2.75) is 46.1 Å². The SMILES string of the molecule is CCCNC(c1ccc(CCC)cc1)c1cnn(C)c1C. The topological polar surface area (TPSA) is 29.9 Å². The second-order valence-corrected chi connectivity index (χ2v) is 5.69. The van der Waals surface area contributed by atoms with Crippen molar-refractivity contribution in [2.24, 2.45) is 7.05 Å². The molecule has 0 amide bonds. The van der Waals surface area contributed by atoms with E-state index < -0.39 is 0 Å². The van der Waals surface area contributed by atoms with Crippen molar-refractivity contribution in [2.75, 3.05) is 6.54 Å². The van der Waals surface area contributed by atoms with Gasteiger partial charge < -0.3 is 5.32 Å². The van der Waals surface area contributed by atoms with Gasteiger partial charge in [0.25, 0.3) is 0 Å². The molecule has 0 aliphatic rings. The molecule has 0 fully saturated rings. The standard InChI is InChI=1S/C18H27N3/c1-5-7-15-8-10-16(11-9-15)18(19-12-6-2)17-13-20-21(4)14(17)3/h8-11,13,18-19H,5-7,12H2,1-4H3. The summed E-state index contributed by atoms with van der Waals surface area (Å²) < 4.78 is 1.95. The first-order valence-corrected chi connectivity index (χ1v) is 7.98. The Morgan fingerprint density at radius 1 is 1.14 bits per heavy atom. The van der Waals surface area contributed by atoms with Gasteiger partial charge >= 0.3 is 0 Å². The molecule has 1 heterocycles. The normalized spacial score (nSPS) is 12.6. The summed E-state index contributed by atoms with van der Waals surface area (Å²) in [7, 11) is 2.00. The van der Waals surface area contributed by atoms with Crippen molar-refractivity contribution in [3.63, 3.8) is 0 Å². The maximum absolute atomic E-state index is 4.39. The molecule has 0 aliphatic heterocycles. The van der Waals surface area contributed by atoms with Gasteiger partial charge in [-0.3, -0.25) is 4.68 Å². The Kier molecular flexibility index (Phi) is 5.57. The Morgan fingerprint density at radius 2 is 1.86 bits per heavy atom. The highest BCUT2D eigenvalue weighted by molar-refractivity contribution is 5.34. The van der Waals surface area contributed by atoms with Gasteiger partial charge in [-0.05, 0) is 37.4 Å². The zero-order valence-electron chi connectivity index (χ0n) is 13.7. The maximum Gasteiger partial charge on any atom is 0.0610 e. The quantitative estimate of drug-likeness (QED) is 0.839. The highest BCUT2D eigenvalue weighted by atomic mass is 15.3. The number of nitrogens with zero attached hydrogens (tertiary/aromatic N) is 2. The van der Waals surface area contributed by atoms with E-state index in [0.717, 1.165) is 19.4 Å². The fourth-order valence-corrected chi connectivity index (χ4v) is 2.66. The summed E-state index contributed by atoms with van der Waals surface area (Å²) in [6, 6.07) is 9.25. The van der Waals surface area contributed by atoms with Gasteiger partial charge in [0.15, 0.2) is 0 Å². The fraction of sp³-hybridized carbons (Fsp3) is 0.500. The first kappa shape index (κ1) is 15.8. The molecular weight excluding hydrogens is 258 g/mol. The van der Waals surface area contributed by atoms with Gasteiger partial charge in [0.1, 0.15) is 0 Å². The Labute approximate surface area is 128 Å². The molecule has 0 saturated heterocycles. The zero-order valence-corrected chi connectivity index (χ0v) is 13.7. The lowest BCUT2D eigenvalue weighted by Gasteiger charge is -2.19. The Bertz CT molecular complexity index is 554. The molecule has 2 aromatic rings. The van der Waals surface area contributed by atoms with Crippen LogP contribution in [0.1, 0.15) is 55.1 Å². The molecular formula is C18H27N3. The van der Waals surface area contributed by atoms with Gasteiger partial charge in [0, 0.05) is 18.3 Å². The van der Waals surface area contributed by atoms with Crippen molar-refractivity contribution in [3.05, 3.63) is 52.8 Å². The van der Waals surface area contributed by atoms with Gasteiger partial charge in [-0.2, -0.15) is 5.10 Å². The molecule has 114 valence electrons. The van der Waals surface area contributed by atoms with E-state index in [4.69, 9.17) is 0 Å². The molecule has 0 spiro atoms. The van der Waals surface area contributed by atoms with Crippen LogP contribution in [0.15, 0.2) is 30.5 Å². The Hall–Kier alpha value is -1.61. The van der Waals surface area contributed by atoms with E-state index in [2.05, 4.69) is 55.5 Å². The molecule has 3 heteroatoms. The third-order valence-corrected chi connectivity index (χ3v) is 4.03. The monoisotopic (exact) mass is 285 g/mol. The number of aryl methyl sites for hydroxylation is 2. The van der Waals surface area contributed by atoms with Crippen LogP contribution in [0, 0.1) is 6.92 Å². The third kappa shape index (κ3) is 3.73. The minimum absolute atomic E-state index is 0.231. The minimum Gasteiger partial charge on any atom is -0.306 e. The third-order valence-electron chi connectivity index (χ3n) is 4.03. The number of aromatic nitrogens is 2. The average molecular weight is 285 g/mol. The van der Waals surface area contributed by atoms with Crippen LogP contribution in [-0.4, -0.2) is 16.3 Å². The summed E-state index contributed by atoms with van der Waals surface area (Å²) in [5, 5.41) is 8.05.